The number of halogens is 3. The number of nitrogens with zero attached hydrogens (tertiary/aromatic N) is 1. The summed E-state index contributed by atoms with van der Waals surface area (Å²) in [5.41, 5.74) is 1.62. The highest BCUT2D eigenvalue weighted by Gasteiger charge is 2.27. The lowest BCUT2D eigenvalue weighted by Gasteiger charge is -2.12. The van der Waals surface area contributed by atoms with Gasteiger partial charge in [0, 0.05) is 26.6 Å². The van der Waals surface area contributed by atoms with E-state index < -0.39 is 12.8 Å². The molecule has 6 nitrogen and oxygen atoms in total. The Labute approximate surface area is 157 Å². The summed E-state index contributed by atoms with van der Waals surface area (Å²) < 4.78 is 45.6. The molecule has 1 aromatic rings. The second-order valence-corrected chi connectivity index (χ2v) is 5.69. The Kier molecular flexibility index (Phi) is 10.2. The lowest BCUT2D eigenvalue weighted by molar-refractivity contribution is -0.176. The lowest BCUT2D eigenvalue weighted by Crippen LogP contribution is -2.37. The van der Waals surface area contributed by atoms with Gasteiger partial charge in [-0.2, -0.15) is 13.2 Å². The van der Waals surface area contributed by atoms with Crippen LogP contribution in [-0.4, -0.2) is 44.9 Å². The van der Waals surface area contributed by atoms with Gasteiger partial charge in [0.1, 0.15) is 6.61 Å². The van der Waals surface area contributed by atoms with Gasteiger partial charge in [-0.25, -0.2) is 0 Å². The number of hydrogen-bond donors (Lipinski definition) is 2. The van der Waals surface area contributed by atoms with Crippen LogP contribution in [0.25, 0.3) is 0 Å². The molecule has 0 spiro atoms. The molecule has 0 unspecified atom stereocenters. The molecule has 1 rings (SSSR count). The van der Waals surface area contributed by atoms with E-state index in [9.17, 15) is 18.0 Å². The Hall–Kier alpha value is -2.29. The predicted octanol–water partition coefficient (Wildman–Crippen LogP) is 2.77. The monoisotopic (exact) mass is 389 g/mol. The zero-order valence-electron chi connectivity index (χ0n) is 15.6. The fourth-order valence-corrected chi connectivity index (χ4v) is 2.12. The molecule has 1 aromatic carbocycles. The van der Waals surface area contributed by atoms with Gasteiger partial charge < -0.3 is 20.1 Å². The van der Waals surface area contributed by atoms with Crippen molar-refractivity contribution >= 4 is 11.9 Å². The molecule has 9 heteroatoms. The van der Waals surface area contributed by atoms with Crippen molar-refractivity contribution in [1.29, 1.82) is 0 Å². The molecule has 0 aliphatic carbocycles. The van der Waals surface area contributed by atoms with Gasteiger partial charge in [-0.3, -0.25) is 9.79 Å². The van der Waals surface area contributed by atoms with Crippen molar-refractivity contribution in [2.24, 2.45) is 4.99 Å². The third-order valence-corrected chi connectivity index (χ3v) is 3.40. The molecule has 2 N–H and O–H groups in total. The van der Waals surface area contributed by atoms with E-state index in [1.54, 1.807) is 26.1 Å². The molecule has 0 saturated carbocycles. The molecule has 0 amide bonds. The van der Waals surface area contributed by atoms with Crippen LogP contribution in [0.15, 0.2) is 29.3 Å². The number of carbonyl (C=O) groups excluding carboxylic acids is 1. The van der Waals surface area contributed by atoms with Gasteiger partial charge in [-0.15, -0.1) is 0 Å². The standard InChI is InChI=1S/C18H26F3N3O3/c1-3-27-16(25)5-4-10-23-17(22-2)24-11-14-6-8-15(9-7-14)12-26-13-18(19,20)21/h6-9H,3-5,10-13H2,1-2H3,(H2,22,23,24). The summed E-state index contributed by atoms with van der Waals surface area (Å²) >= 11 is 0. The van der Waals surface area contributed by atoms with Gasteiger partial charge in [-0.1, -0.05) is 24.3 Å². The highest BCUT2D eigenvalue weighted by molar-refractivity contribution is 5.79. The minimum atomic E-state index is -4.32. The third-order valence-electron chi connectivity index (χ3n) is 3.40. The number of rotatable bonds is 10. The first kappa shape index (κ1) is 22.8. The maximum atomic E-state index is 12.0. The van der Waals surface area contributed by atoms with E-state index in [0.717, 1.165) is 5.56 Å². The van der Waals surface area contributed by atoms with Gasteiger partial charge in [0.2, 0.25) is 0 Å². The van der Waals surface area contributed by atoms with Crippen molar-refractivity contribution in [2.45, 2.75) is 39.1 Å². The number of esters is 1. The largest absolute Gasteiger partial charge is 0.466 e. The number of hydrogen-bond acceptors (Lipinski definition) is 4. The molecule has 0 atom stereocenters. The van der Waals surface area contributed by atoms with Crippen LogP contribution in [0.4, 0.5) is 13.2 Å². The Morgan fingerprint density at radius 1 is 1.15 bits per heavy atom. The van der Waals surface area contributed by atoms with Crippen LogP contribution in [0, 0.1) is 0 Å². The topological polar surface area (TPSA) is 72.0 Å². The van der Waals surface area contributed by atoms with Crippen molar-refractivity contribution < 1.29 is 27.4 Å². The van der Waals surface area contributed by atoms with Crippen molar-refractivity contribution in [3.8, 4) is 0 Å². The maximum Gasteiger partial charge on any atom is 0.411 e. The number of nitrogens with one attached hydrogen (secondary N) is 2. The Morgan fingerprint density at radius 3 is 2.41 bits per heavy atom. The Morgan fingerprint density at radius 2 is 1.81 bits per heavy atom. The fourth-order valence-electron chi connectivity index (χ4n) is 2.12. The first-order valence-electron chi connectivity index (χ1n) is 8.66. The summed E-state index contributed by atoms with van der Waals surface area (Å²) in [6, 6.07) is 7.08. The van der Waals surface area contributed by atoms with Crippen LogP contribution >= 0.6 is 0 Å². The van der Waals surface area contributed by atoms with Gasteiger partial charge in [-0.05, 0) is 24.5 Å². The molecule has 0 aliphatic heterocycles. The average molecular weight is 389 g/mol. The number of guanidine groups is 1. The number of ether oxygens (including phenoxy) is 2. The molecule has 152 valence electrons. The van der Waals surface area contributed by atoms with Gasteiger partial charge in [0.15, 0.2) is 5.96 Å². The highest BCUT2D eigenvalue weighted by atomic mass is 19.4. The van der Waals surface area contributed by atoms with Crippen LogP contribution < -0.4 is 10.6 Å². The van der Waals surface area contributed by atoms with Gasteiger partial charge in [0.05, 0.1) is 13.2 Å². The highest BCUT2D eigenvalue weighted by Crippen LogP contribution is 2.15. The molecule has 0 heterocycles. The minimum Gasteiger partial charge on any atom is -0.466 e. The number of benzene rings is 1. The zero-order valence-corrected chi connectivity index (χ0v) is 15.6. The second kappa shape index (κ2) is 12.2. The normalized spacial score (nSPS) is 12.0. The summed E-state index contributed by atoms with van der Waals surface area (Å²) in [4.78, 5) is 15.3. The number of alkyl halides is 3. The van der Waals surface area contributed by atoms with E-state index >= 15 is 0 Å². The van der Waals surface area contributed by atoms with E-state index in [-0.39, 0.29) is 12.6 Å². The smallest absolute Gasteiger partial charge is 0.411 e. The first-order valence-corrected chi connectivity index (χ1v) is 8.66. The summed E-state index contributed by atoms with van der Waals surface area (Å²) in [5, 5.41) is 6.22. The van der Waals surface area contributed by atoms with Crippen LogP contribution in [0.5, 0.6) is 0 Å². The summed E-state index contributed by atoms with van der Waals surface area (Å²) in [7, 11) is 1.64. The Bertz CT molecular complexity index is 590. The van der Waals surface area contributed by atoms with Crippen molar-refractivity contribution in [3.05, 3.63) is 35.4 Å². The first-order chi connectivity index (χ1) is 12.8. The van der Waals surface area contributed by atoms with E-state index in [4.69, 9.17) is 4.74 Å². The van der Waals surface area contributed by atoms with Crippen molar-refractivity contribution in [3.63, 3.8) is 0 Å². The van der Waals surface area contributed by atoms with E-state index in [1.807, 2.05) is 12.1 Å². The SMILES string of the molecule is CCOC(=O)CCCNC(=NC)NCc1ccc(COCC(F)(F)F)cc1. The molecule has 0 bridgehead atoms. The van der Waals surface area contributed by atoms with Crippen LogP contribution in [0.2, 0.25) is 0 Å². The van der Waals surface area contributed by atoms with E-state index in [2.05, 4.69) is 20.4 Å². The van der Waals surface area contributed by atoms with Crippen LogP contribution in [0.3, 0.4) is 0 Å². The molecular formula is C18H26F3N3O3. The fraction of sp³-hybridized carbons (Fsp3) is 0.556. The quantitative estimate of drug-likeness (QED) is 0.279. The van der Waals surface area contributed by atoms with Crippen molar-refractivity contribution in [2.75, 3.05) is 26.8 Å². The second-order valence-electron chi connectivity index (χ2n) is 5.69. The molecular weight excluding hydrogens is 363 g/mol. The summed E-state index contributed by atoms with van der Waals surface area (Å²) in [5.74, 6) is 0.373. The summed E-state index contributed by atoms with van der Waals surface area (Å²) in [6.07, 6.45) is -3.34. The van der Waals surface area contributed by atoms with Crippen LogP contribution in [0.1, 0.15) is 30.9 Å². The molecule has 0 saturated heterocycles. The van der Waals surface area contributed by atoms with Crippen LogP contribution in [-0.2, 0) is 27.4 Å². The van der Waals surface area contributed by atoms with Gasteiger partial charge >= 0.3 is 12.1 Å². The number of carbonyl (C=O) groups is 1. The average Bonchev–Trinajstić information content (AvgIpc) is 2.61. The Balaban J connectivity index is 2.29. The number of aliphatic imine (C=N–C) groups is 1. The van der Waals surface area contributed by atoms with Crippen molar-refractivity contribution in [1.82, 2.24) is 10.6 Å². The summed E-state index contributed by atoms with van der Waals surface area (Å²) in [6.45, 7) is 1.88. The molecule has 0 aromatic heterocycles. The molecule has 27 heavy (non-hydrogen) atoms. The molecule has 0 radical (unpaired) electrons. The zero-order chi connectivity index (χ0) is 20.1. The van der Waals surface area contributed by atoms with E-state index in [1.165, 1.54) is 0 Å². The predicted molar refractivity (Wildman–Crippen MR) is 96.2 cm³/mol. The molecule has 0 aliphatic rings. The van der Waals surface area contributed by atoms with Gasteiger partial charge in [0.25, 0.3) is 0 Å². The molecule has 0 fully saturated rings. The third kappa shape index (κ3) is 11.1. The lowest BCUT2D eigenvalue weighted by atomic mass is 10.1. The maximum absolute atomic E-state index is 12.0. The minimum absolute atomic E-state index is 0.0864. The van der Waals surface area contributed by atoms with E-state index in [0.29, 0.717) is 44.1 Å².